The number of nitrogens with zero attached hydrogens (tertiary/aromatic N) is 1. The van der Waals surface area contributed by atoms with E-state index in [2.05, 4.69) is 18.3 Å². The fourth-order valence-corrected chi connectivity index (χ4v) is 3.30. The highest BCUT2D eigenvalue weighted by atomic mass is 35.5. The minimum atomic E-state index is -0.0247. The zero-order valence-electron chi connectivity index (χ0n) is 13.3. The van der Waals surface area contributed by atoms with Gasteiger partial charge in [0, 0.05) is 17.3 Å². The van der Waals surface area contributed by atoms with Crippen LogP contribution >= 0.6 is 11.6 Å². The summed E-state index contributed by atoms with van der Waals surface area (Å²) < 4.78 is 0. The van der Waals surface area contributed by atoms with Gasteiger partial charge in [0.2, 0.25) is 0 Å². The van der Waals surface area contributed by atoms with Gasteiger partial charge in [0.1, 0.15) is 0 Å². The molecule has 1 N–H and O–H groups in total. The van der Waals surface area contributed by atoms with Gasteiger partial charge in [-0.25, -0.2) is 4.79 Å². The number of nitrogens with one attached hydrogen (secondary N) is 1. The summed E-state index contributed by atoms with van der Waals surface area (Å²) in [4.78, 5) is 14.6. The number of anilines is 1. The van der Waals surface area contributed by atoms with Gasteiger partial charge in [0.15, 0.2) is 0 Å². The van der Waals surface area contributed by atoms with Crippen molar-refractivity contribution >= 4 is 23.3 Å². The van der Waals surface area contributed by atoms with Crippen LogP contribution in [0.1, 0.15) is 36.9 Å². The first kappa shape index (κ1) is 15.9. The van der Waals surface area contributed by atoms with Crippen LogP contribution in [0.3, 0.4) is 0 Å². The molecule has 1 heterocycles. The molecule has 1 atom stereocenters. The van der Waals surface area contributed by atoms with Gasteiger partial charge in [0.05, 0.1) is 6.04 Å². The van der Waals surface area contributed by atoms with Crippen molar-refractivity contribution in [3.63, 3.8) is 0 Å². The molecule has 2 amide bonds. The minimum absolute atomic E-state index is 0.0247. The zero-order valence-corrected chi connectivity index (χ0v) is 14.0. The molecule has 23 heavy (non-hydrogen) atoms. The van der Waals surface area contributed by atoms with E-state index in [9.17, 15) is 4.79 Å². The monoisotopic (exact) mass is 328 g/mol. The van der Waals surface area contributed by atoms with E-state index >= 15 is 0 Å². The summed E-state index contributed by atoms with van der Waals surface area (Å²) in [5.74, 6) is 0. The van der Waals surface area contributed by atoms with Crippen molar-refractivity contribution in [2.75, 3.05) is 11.9 Å². The highest BCUT2D eigenvalue weighted by Gasteiger charge is 2.30. The van der Waals surface area contributed by atoms with Crippen LogP contribution in [0.15, 0.2) is 48.5 Å². The van der Waals surface area contributed by atoms with Gasteiger partial charge in [-0.15, -0.1) is 0 Å². The second-order valence-electron chi connectivity index (χ2n) is 5.84. The summed E-state index contributed by atoms with van der Waals surface area (Å²) in [6, 6.07) is 15.9. The molecule has 1 saturated heterocycles. The van der Waals surface area contributed by atoms with Gasteiger partial charge in [-0.1, -0.05) is 48.9 Å². The van der Waals surface area contributed by atoms with Crippen molar-refractivity contribution in [3.05, 3.63) is 64.7 Å². The molecule has 1 unspecified atom stereocenters. The number of carbonyl (C=O) groups excluding carboxylic acids is 1. The third-order valence-corrected chi connectivity index (χ3v) is 4.66. The second kappa shape index (κ2) is 7.05. The van der Waals surface area contributed by atoms with Crippen LogP contribution in [-0.4, -0.2) is 17.5 Å². The van der Waals surface area contributed by atoms with Crippen LogP contribution in [0.2, 0.25) is 5.02 Å². The average molecular weight is 329 g/mol. The summed E-state index contributed by atoms with van der Waals surface area (Å²) in [5.41, 5.74) is 3.20. The van der Waals surface area contributed by atoms with Crippen molar-refractivity contribution < 1.29 is 4.79 Å². The Balaban J connectivity index is 1.77. The number of hydrogen-bond acceptors (Lipinski definition) is 1. The molecule has 1 aliphatic rings. The fraction of sp³-hybridized carbons (Fsp3) is 0.316. The van der Waals surface area contributed by atoms with Crippen molar-refractivity contribution in [1.82, 2.24) is 4.90 Å². The number of amides is 2. The van der Waals surface area contributed by atoms with E-state index in [4.69, 9.17) is 11.6 Å². The molecule has 3 rings (SSSR count). The maximum Gasteiger partial charge on any atom is 0.322 e. The fourth-order valence-electron chi connectivity index (χ4n) is 3.18. The van der Waals surface area contributed by atoms with E-state index in [1.54, 1.807) is 0 Å². The Kier molecular flexibility index (Phi) is 4.87. The van der Waals surface area contributed by atoms with Crippen LogP contribution in [0, 0.1) is 0 Å². The lowest BCUT2D eigenvalue weighted by Gasteiger charge is -2.26. The van der Waals surface area contributed by atoms with Crippen molar-refractivity contribution in [1.29, 1.82) is 0 Å². The number of rotatable bonds is 3. The minimum Gasteiger partial charge on any atom is -0.317 e. The van der Waals surface area contributed by atoms with Crippen molar-refractivity contribution in [3.8, 4) is 0 Å². The molecule has 0 radical (unpaired) electrons. The quantitative estimate of drug-likeness (QED) is 0.817. The summed E-state index contributed by atoms with van der Waals surface area (Å²) in [6.45, 7) is 2.88. The SMILES string of the molecule is CCc1ccccc1NC(=O)N1CCCC1c1ccc(Cl)cc1. The number of urea groups is 1. The smallest absolute Gasteiger partial charge is 0.317 e. The lowest BCUT2D eigenvalue weighted by molar-refractivity contribution is 0.207. The van der Waals surface area contributed by atoms with Crippen LogP contribution in [0.25, 0.3) is 0 Å². The number of para-hydroxylation sites is 1. The molecule has 0 aromatic heterocycles. The topological polar surface area (TPSA) is 32.3 Å². The second-order valence-corrected chi connectivity index (χ2v) is 6.28. The first-order chi connectivity index (χ1) is 11.2. The highest BCUT2D eigenvalue weighted by Crippen LogP contribution is 2.33. The highest BCUT2D eigenvalue weighted by molar-refractivity contribution is 6.30. The Morgan fingerprint density at radius 1 is 1.22 bits per heavy atom. The van der Waals surface area contributed by atoms with Gasteiger partial charge in [-0.2, -0.15) is 0 Å². The Bertz CT molecular complexity index is 684. The van der Waals surface area contributed by atoms with Crippen LogP contribution in [-0.2, 0) is 6.42 Å². The molecule has 120 valence electrons. The maximum atomic E-state index is 12.7. The van der Waals surface area contributed by atoms with E-state index in [0.29, 0.717) is 0 Å². The van der Waals surface area contributed by atoms with E-state index in [-0.39, 0.29) is 12.1 Å². The Morgan fingerprint density at radius 3 is 2.70 bits per heavy atom. The van der Waals surface area contributed by atoms with Gasteiger partial charge in [0.25, 0.3) is 0 Å². The average Bonchev–Trinajstić information content (AvgIpc) is 3.06. The number of likely N-dealkylation sites (tertiary alicyclic amines) is 1. The number of hydrogen-bond donors (Lipinski definition) is 1. The number of carbonyl (C=O) groups is 1. The van der Waals surface area contributed by atoms with Crippen LogP contribution in [0.5, 0.6) is 0 Å². The molecule has 3 nitrogen and oxygen atoms in total. The standard InChI is InChI=1S/C19H21ClN2O/c1-2-14-6-3-4-7-17(14)21-19(23)22-13-5-8-18(22)15-9-11-16(20)12-10-15/h3-4,6-7,9-12,18H,2,5,8,13H2,1H3,(H,21,23). The van der Waals surface area contributed by atoms with Crippen LogP contribution < -0.4 is 5.32 Å². The summed E-state index contributed by atoms with van der Waals surface area (Å²) in [6.07, 6.45) is 2.91. The normalized spacial score (nSPS) is 17.3. The van der Waals surface area contributed by atoms with Gasteiger partial charge < -0.3 is 10.2 Å². The van der Waals surface area contributed by atoms with Crippen molar-refractivity contribution in [2.24, 2.45) is 0 Å². The van der Waals surface area contributed by atoms with E-state index < -0.39 is 0 Å². The summed E-state index contributed by atoms with van der Waals surface area (Å²) in [5, 5.41) is 3.80. The molecule has 0 spiro atoms. The van der Waals surface area contributed by atoms with Gasteiger partial charge in [-0.3, -0.25) is 0 Å². The molecule has 1 fully saturated rings. The molecular formula is C19H21ClN2O. The third-order valence-electron chi connectivity index (χ3n) is 4.41. The molecule has 0 aliphatic carbocycles. The molecule has 2 aromatic carbocycles. The summed E-state index contributed by atoms with van der Waals surface area (Å²) >= 11 is 5.97. The first-order valence-corrected chi connectivity index (χ1v) is 8.48. The third kappa shape index (κ3) is 3.50. The van der Waals surface area contributed by atoms with Gasteiger partial charge in [-0.05, 0) is 48.6 Å². The van der Waals surface area contributed by atoms with Gasteiger partial charge >= 0.3 is 6.03 Å². The van der Waals surface area contributed by atoms with E-state index in [1.807, 2.05) is 47.4 Å². The molecule has 0 saturated carbocycles. The zero-order chi connectivity index (χ0) is 16.2. The Morgan fingerprint density at radius 2 is 1.96 bits per heavy atom. The van der Waals surface area contributed by atoms with Crippen LogP contribution in [0.4, 0.5) is 10.5 Å². The molecule has 1 aliphatic heterocycles. The first-order valence-electron chi connectivity index (χ1n) is 8.10. The summed E-state index contributed by atoms with van der Waals surface area (Å²) in [7, 11) is 0. The molecule has 0 bridgehead atoms. The lowest BCUT2D eigenvalue weighted by atomic mass is 10.0. The predicted molar refractivity (Wildman–Crippen MR) is 95.0 cm³/mol. The maximum absolute atomic E-state index is 12.7. The number of benzene rings is 2. The Hall–Kier alpha value is -2.00. The van der Waals surface area contributed by atoms with E-state index in [0.717, 1.165) is 47.6 Å². The number of aryl methyl sites for hydroxylation is 1. The molecule has 2 aromatic rings. The lowest BCUT2D eigenvalue weighted by Crippen LogP contribution is -2.34. The largest absolute Gasteiger partial charge is 0.322 e. The Labute approximate surface area is 142 Å². The number of halogens is 1. The van der Waals surface area contributed by atoms with Crippen molar-refractivity contribution in [2.45, 2.75) is 32.2 Å². The predicted octanol–water partition coefficient (Wildman–Crippen LogP) is 5.27. The molecule has 4 heteroatoms. The van der Waals surface area contributed by atoms with E-state index in [1.165, 1.54) is 0 Å². The molecular weight excluding hydrogens is 308 g/mol.